The highest BCUT2D eigenvalue weighted by Crippen LogP contribution is 2.21. The highest BCUT2D eigenvalue weighted by molar-refractivity contribution is 7.89. The number of aryl methyl sites for hydroxylation is 1. The number of rotatable bonds is 7. The first-order valence-corrected chi connectivity index (χ1v) is 11.5. The second-order valence-electron chi connectivity index (χ2n) is 8.56. The van der Waals surface area contributed by atoms with Gasteiger partial charge in [-0.15, -0.1) is 0 Å². The van der Waals surface area contributed by atoms with Crippen LogP contribution in [0.5, 0.6) is 0 Å². The van der Waals surface area contributed by atoms with E-state index in [1.807, 2.05) is 36.4 Å². The molecular formula is C24H28N2O4S. The zero-order valence-electron chi connectivity index (χ0n) is 18.3. The summed E-state index contributed by atoms with van der Waals surface area (Å²) in [6.07, 6.45) is 1.57. The Morgan fingerprint density at radius 3 is 2.32 bits per heavy atom. The van der Waals surface area contributed by atoms with Crippen molar-refractivity contribution in [1.82, 2.24) is 9.62 Å². The van der Waals surface area contributed by atoms with Crippen molar-refractivity contribution in [3.63, 3.8) is 0 Å². The highest BCUT2D eigenvalue weighted by Gasteiger charge is 2.25. The van der Waals surface area contributed by atoms with Crippen LogP contribution in [-0.4, -0.2) is 24.8 Å². The number of amides is 1. The predicted octanol–water partition coefficient (Wildman–Crippen LogP) is 4.51. The average molecular weight is 441 g/mol. The topological polar surface area (TPSA) is 79.6 Å². The third-order valence-corrected chi connectivity index (χ3v) is 6.38. The average Bonchev–Trinajstić information content (AvgIpc) is 3.19. The van der Waals surface area contributed by atoms with Crippen molar-refractivity contribution in [2.24, 2.45) is 0 Å². The Kier molecular flexibility index (Phi) is 6.67. The van der Waals surface area contributed by atoms with Gasteiger partial charge >= 0.3 is 0 Å². The van der Waals surface area contributed by atoms with Gasteiger partial charge in [0.2, 0.25) is 10.0 Å². The van der Waals surface area contributed by atoms with E-state index in [0.29, 0.717) is 23.4 Å². The summed E-state index contributed by atoms with van der Waals surface area (Å²) in [5.74, 6) is 0.394. The second kappa shape index (κ2) is 9.08. The maximum Gasteiger partial charge on any atom is 0.254 e. The van der Waals surface area contributed by atoms with Crippen LogP contribution in [0.1, 0.15) is 48.0 Å². The summed E-state index contributed by atoms with van der Waals surface area (Å²) in [6, 6.07) is 17.9. The molecule has 0 radical (unpaired) electrons. The van der Waals surface area contributed by atoms with E-state index in [1.54, 1.807) is 51.0 Å². The Balaban J connectivity index is 1.96. The fraction of sp³-hybridized carbons (Fsp3) is 0.292. The zero-order valence-corrected chi connectivity index (χ0v) is 19.1. The van der Waals surface area contributed by atoms with Gasteiger partial charge in [0.15, 0.2) is 0 Å². The SMILES string of the molecule is Cc1ccc(S(=O)(=O)NC(C)(C)C)cc1C(=O)N(Cc1ccccc1)Cc1ccco1. The van der Waals surface area contributed by atoms with E-state index in [0.717, 1.165) is 5.56 Å². The minimum Gasteiger partial charge on any atom is -0.467 e. The first-order valence-electron chi connectivity index (χ1n) is 10.1. The highest BCUT2D eigenvalue weighted by atomic mass is 32.2. The van der Waals surface area contributed by atoms with Crippen LogP contribution in [0, 0.1) is 6.92 Å². The van der Waals surface area contributed by atoms with Gasteiger partial charge in [-0.2, -0.15) is 0 Å². The van der Waals surface area contributed by atoms with Crippen LogP contribution >= 0.6 is 0 Å². The molecule has 0 fully saturated rings. The van der Waals surface area contributed by atoms with Crippen molar-refractivity contribution in [2.75, 3.05) is 0 Å². The number of hydrogen-bond acceptors (Lipinski definition) is 4. The van der Waals surface area contributed by atoms with Gasteiger partial charge in [0.1, 0.15) is 5.76 Å². The van der Waals surface area contributed by atoms with E-state index >= 15 is 0 Å². The second-order valence-corrected chi connectivity index (χ2v) is 10.2. The first-order chi connectivity index (χ1) is 14.5. The summed E-state index contributed by atoms with van der Waals surface area (Å²) in [5.41, 5.74) is 1.39. The van der Waals surface area contributed by atoms with Gasteiger partial charge in [-0.25, -0.2) is 13.1 Å². The molecule has 0 bridgehead atoms. The molecular weight excluding hydrogens is 412 g/mol. The van der Waals surface area contributed by atoms with Crippen LogP contribution in [0.2, 0.25) is 0 Å². The number of carbonyl (C=O) groups is 1. The minimum atomic E-state index is -3.76. The molecule has 0 unspecified atom stereocenters. The zero-order chi connectivity index (χ0) is 22.6. The molecule has 1 N–H and O–H groups in total. The molecule has 0 saturated heterocycles. The monoisotopic (exact) mass is 440 g/mol. The summed E-state index contributed by atoms with van der Waals surface area (Å²) in [6.45, 7) is 7.77. The molecule has 2 aromatic carbocycles. The Hall–Kier alpha value is -2.90. The van der Waals surface area contributed by atoms with Gasteiger partial charge in [-0.3, -0.25) is 4.79 Å². The van der Waals surface area contributed by atoms with Crippen LogP contribution in [0.3, 0.4) is 0 Å². The standard InChI is InChI=1S/C24H28N2O4S/c1-18-12-13-21(31(28,29)25-24(2,3)4)15-22(18)23(27)26(17-20-11-8-14-30-20)16-19-9-6-5-7-10-19/h5-15,25H,16-17H2,1-4H3. The van der Waals surface area contributed by atoms with Crippen LogP contribution in [0.15, 0.2) is 76.2 Å². The number of nitrogens with zero attached hydrogens (tertiary/aromatic N) is 1. The molecule has 164 valence electrons. The number of furan rings is 1. The van der Waals surface area contributed by atoms with Crippen LogP contribution < -0.4 is 4.72 Å². The summed E-state index contributed by atoms with van der Waals surface area (Å²) in [5, 5.41) is 0. The Bertz CT molecular complexity index is 1130. The molecule has 1 aromatic heterocycles. The number of nitrogens with one attached hydrogen (secondary N) is 1. The molecule has 0 aliphatic carbocycles. The minimum absolute atomic E-state index is 0.0639. The molecule has 1 heterocycles. The quantitative estimate of drug-likeness (QED) is 0.586. The lowest BCUT2D eigenvalue weighted by atomic mass is 10.1. The number of benzene rings is 2. The van der Waals surface area contributed by atoms with Gasteiger partial charge < -0.3 is 9.32 Å². The lowest BCUT2D eigenvalue weighted by Crippen LogP contribution is -2.40. The predicted molar refractivity (Wildman–Crippen MR) is 120 cm³/mol. The van der Waals surface area contributed by atoms with Crippen molar-refractivity contribution < 1.29 is 17.6 Å². The van der Waals surface area contributed by atoms with Crippen molar-refractivity contribution in [1.29, 1.82) is 0 Å². The Morgan fingerprint density at radius 1 is 1.00 bits per heavy atom. The normalized spacial score (nSPS) is 12.0. The smallest absolute Gasteiger partial charge is 0.254 e. The van der Waals surface area contributed by atoms with Gasteiger partial charge in [0, 0.05) is 17.6 Å². The molecule has 0 atom stereocenters. The van der Waals surface area contributed by atoms with E-state index in [2.05, 4.69) is 4.72 Å². The van der Waals surface area contributed by atoms with Crippen molar-refractivity contribution in [2.45, 2.75) is 51.2 Å². The van der Waals surface area contributed by atoms with Crippen LogP contribution in [-0.2, 0) is 23.1 Å². The van der Waals surface area contributed by atoms with E-state index in [4.69, 9.17) is 4.42 Å². The molecule has 0 spiro atoms. The van der Waals surface area contributed by atoms with Crippen LogP contribution in [0.25, 0.3) is 0 Å². The van der Waals surface area contributed by atoms with Gasteiger partial charge in [-0.1, -0.05) is 36.4 Å². The summed E-state index contributed by atoms with van der Waals surface area (Å²) < 4.78 is 33.7. The number of sulfonamides is 1. The fourth-order valence-electron chi connectivity index (χ4n) is 3.23. The third kappa shape index (κ3) is 6.06. The summed E-state index contributed by atoms with van der Waals surface area (Å²) in [4.78, 5) is 15.3. The molecule has 0 aliphatic heterocycles. The molecule has 0 aliphatic rings. The third-order valence-electron chi connectivity index (χ3n) is 4.62. The van der Waals surface area contributed by atoms with E-state index in [1.165, 1.54) is 12.1 Å². The van der Waals surface area contributed by atoms with Gasteiger partial charge in [0.25, 0.3) is 5.91 Å². The summed E-state index contributed by atoms with van der Waals surface area (Å²) in [7, 11) is -3.76. The fourth-order valence-corrected chi connectivity index (χ4v) is 4.67. The largest absolute Gasteiger partial charge is 0.467 e. The molecule has 3 aromatic rings. The molecule has 1 amide bonds. The maximum atomic E-state index is 13.5. The van der Waals surface area contributed by atoms with Crippen LogP contribution in [0.4, 0.5) is 0 Å². The van der Waals surface area contributed by atoms with Crippen molar-refractivity contribution in [3.8, 4) is 0 Å². The molecule has 31 heavy (non-hydrogen) atoms. The van der Waals surface area contributed by atoms with Crippen molar-refractivity contribution >= 4 is 15.9 Å². The Morgan fingerprint density at radius 2 is 1.71 bits per heavy atom. The van der Waals surface area contributed by atoms with E-state index in [-0.39, 0.29) is 17.3 Å². The molecule has 3 rings (SSSR count). The summed E-state index contributed by atoms with van der Waals surface area (Å²) >= 11 is 0. The molecule has 0 saturated carbocycles. The lowest BCUT2D eigenvalue weighted by molar-refractivity contribution is 0.0716. The number of carbonyl (C=O) groups excluding carboxylic acids is 1. The Labute approximate surface area is 183 Å². The molecule has 7 heteroatoms. The van der Waals surface area contributed by atoms with Gasteiger partial charge in [-0.05, 0) is 63.1 Å². The maximum absolute atomic E-state index is 13.5. The van der Waals surface area contributed by atoms with Crippen molar-refractivity contribution in [3.05, 3.63) is 89.4 Å². The number of hydrogen-bond donors (Lipinski definition) is 1. The molecule has 6 nitrogen and oxygen atoms in total. The van der Waals surface area contributed by atoms with E-state index < -0.39 is 15.6 Å². The lowest BCUT2D eigenvalue weighted by Gasteiger charge is -2.24. The van der Waals surface area contributed by atoms with E-state index in [9.17, 15) is 13.2 Å². The first kappa shape index (κ1) is 22.8. The van der Waals surface area contributed by atoms with Gasteiger partial charge in [0.05, 0.1) is 17.7 Å².